The highest BCUT2D eigenvalue weighted by molar-refractivity contribution is 5.85. The molecule has 0 saturated carbocycles. The van der Waals surface area contributed by atoms with E-state index in [4.69, 9.17) is 0 Å². The molecule has 2 N–H and O–H groups in total. The first-order chi connectivity index (χ1) is 5.70. The normalized spacial score (nSPS) is 9.77. The lowest BCUT2D eigenvalue weighted by molar-refractivity contribution is 0.461. The van der Waals surface area contributed by atoms with Crippen molar-refractivity contribution in [2.75, 3.05) is 0 Å². The molecule has 0 aromatic heterocycles. The van der Waals surface area contributed by atoms with Gasteiger partial charge in [0.25, 0.3) is 0 Å². The van der Waals surface area contributed by atoms with Crippen LogP contribution >= 0.6 is 12.4 Å². The van der Waals surface area contributed by atoms with Crippen molar-refractivity contribution in [3.05, 3.63) is 29.8 Å². The van der Waals surface area contributed by atoms with Gasteiger partial charge in [0.1, 0.15) is 5.75 Å². The van der Waals surface area contributed by atoms with Gasteiger partial charge in [-0.2, -0.15) is 0 Å². The molecule has 13 heavy (non-hydrogen) atoms. The predicted molar refractivity (Wildman–Crippen MR) is 57.3 cm³/mol. The predicted octanol–water partition coefficient (Wildman–Crippen LogP) is 2.31. The average molecular weight is 202 g/mol. The number of para-hydroxylation sites is 1. The molecule has 0 radical (unpaired) electrons. The van der Waals surface area contributed by atoms with Gasteiger partial charge in [0.15, 0.2) is 0 Å². The van der Waals surface area contributed by atoms with E-state index in [-0.39, 0.29) is 12.4 Å². The van der Waals surface area contributed by atoms with Crippen LogP contribution in [0.2, 0.25) is 0 Å². The Morgan fingerprint density at radius 2 is 1.92 bits per heavy atom. The van der Waals surface area contributed by atoms with Crippen LogP contribution in [0.1, 0.15) is 19.4 Å². The van der Waals surface area contributed by atoms with E-state index in [0.29, 0.717) is 11.8 Å². The van der Waals surface area contributed by atoms with Gasteiger partial charge in [0, 0.05) is 18.2 Å². The van der Waals surface area contributed by atoms with Crippen LogP contribution in [0.5, 0.6) is 5.75 Å². The van der Waals surface area contributed by atoms with Crippen LogP contribution in [-0.2, 0) is 6.54 Å². The van der Waals surface area contributed by atoms with Crippen LogP contribution in [0.3, 0.4) is 0 Å². The van der Waals surface area contributed by atoms with Gasteiger partial charge < -0.3 is 10.4 Å². The van der Waals surface area contributed by atoms with Crippen molar-refractivity contribution in [1.29, 1.82) is 0 Å². The summed E-state index contributed by atoms with van der Waals surface area (Å²) in [5, 5.41) is 12.6. The van der Waals surface area contributed by atoms with Gasteiger partial charge >= 0.3 is 0 Å². The summed E-state index contributed by atoms with van der Waals surface area (Å²) >= 11 is 0. The molecule has 0 atom stereocenters. The van der Waals surface area contributed by atoms with E-state index in [2.05, 4.69) is 19.2 Å². The zero-order chi connectivity index (χ0) is 8.97. The second kappa shape index (κ2) is 5.84. The van der Waals surface area contributed by atoms with Crippen molar-refractivity contribution in [3.63, 3.8) is 0 Å². The second-order valence-electron chi connectivity index (χ2n) is 3.16. The van der Waals surface area contributed by atoms with E-state index in [1.54, 1.807) is 6.07 Å². The van der Waals surface area contributed by atoms with Crippen LogP contribution in [-0.4, -0.2) is 11.1 Å². The summed E-state index contributed by atoms with van der Waals surface area (Å²) in [7, 11) is 0. The highest BCUT2D eigenvalue weighted by atomic mass is 35.5. The fourth-order valence-corrected chi connectivity index (χ4v) is 0.974. The molecule has 0 fully saturated rings. The Bertz CT molecular complexity index is 250. The molecular weight excluding hydrogens is 186 g/mol. The number of hydrogen-bond acceptors (Lipinski definition) is 2. The number of phenols is 1. The number of benzene rings is 1. The summed E-state index contributed by atoms with van der Waals surface area (Å²) in [5.74, 6) is 0.366. The zero-order valence-electron chi connectivity index (χ0n) is 7.95. The smallest absolute Gasteiger partial charge is 0.120 e. The van der Waals surface area contributed by atoms with Crippen molar-refractivity contribution in [3.8, 4) is 5.75 Å². The molecule has 0 saturated heterocycles. The first-order valence-corrected chi connectivity index (χ1v) is 4.20. The number of rotatable bonds is 3. The number of nitrogens with one attached hydrogen (secondary N) is 1. The van der Waals surface area contributed by atoms with Crippen molar-refractivity contribution >= 4 is 12.4 Å². The Kier molecular flexibility index (Phi) is 5.51. The lowest BCUT2D eigenvalue weighted by Crippen LogP contribution is -2.21. The van der Waals surface area contributed by atoms with Crippen molar-refractivity contribution in [2.24, 2.45) is 0 Å². The first kappa shape index (κ1) is 12.3. The molecule has 74 valence electrons. The minimum atomic E-state index is 0. The average Bonchev–Trinajstić information content (AvgIpc) is 2.03. The molecule has 1 aromatic carbocycles. The highest BCUT2D eigenvalue weighted by Crippen LogP contribution is 2.14. The summed E-state index contributed by atoms with van der Waals surface area (Å²) in [5.41, 5.74) is 0.950. The molecule has 0 unspecified atom stereocenters. The fourth-order valence-electron chi connectivity index (χ4n) is 0.974. The zero-order valence-corrected chi connectivity index (χ0v) is 8.77. The Morgan fingerprint density at radius 1 is 1.31 bits per heavy atom. The molecule has 0 amide bonds. The van der Waals surface area contributed by atoms with Gasteiger partial charge in [-0.05, 0) is 6.07 Å². The Balaban J connectivity index is 0.00000144. The van der Waals surface area contributed by atoms with Gasteiger partial charge in [0.05, 0.1) is 0 Å². The third-order valence-electron chi connectivity index (χ3n) is 1.69. The van der Waals surface area contributed by atoms with Crippen molar-refractivity contribution in [2.45, 2.75) is 26.4 Å². The van der Waals surface area contributed by atoms with E-state index >= 15 is 0 Å². The SMILES string of the molecule is CC(C)NCc1ccccc1O.Cl. The lowest BCUT2D eigenvalue weighted by atomic mass is 10.2. The maximum Gasteiger partial charge on any atom is 0.120 e. The minimum Gasteiger partial charge on any atom is -0.508 e. The van der Waals surface area contributed by atoms with Gasteiger partial charge in [-0.15, -0.1) is 12.4 Å². The second-order valence-corrected chi connectivity index (χ2v) is 3.16. The summed E-state index contributed by atoms with van der Waals surface area (Å²) in [6, 6.07) is 7.83. The maximum atomic E-state index is 9.38. The summed E-state index contributed by atoms with van der Waals surface area (Å²) in [6.07, 6.45) is 0. The summed E-state index contributed by atoms with van der Waals surface area (Å²) in [4.78, 5) is 0. The minimum absolute atomic E-state index is 0. The molecule has 0 aliphatic heterocycles. The highest BCUT2D eigenvalue weighted by Gasteiger charge is 1.98. The first-order valence-electron chi connectivity index (χ1n) is 4.20. The third kappa shape index (κ3) is 4.15. The Hall–Kier alpha value is -0.730. The Morgan fingerprint density at radius 3 is 2.46 bits per heavy atom. The standard InChI is InChI=1S/C10H15NO.ClH/c1-8(2)11-7-9-5-3-4-6-10(9)12;/h3-6,8,11-12H,7H2,1-2H3;1H. The van der Waals surface area contributed by atoms with Crippen molar-refractivity contribution < 1.29 is 5.11 Å². The molecule has 0 aliphatic rings. The fraction of sp³-hybridized carbons (Fsp3) is 0.400. The number of halogens is 1. The monoisotopic (exact) mass is 201 g/mol. The summed E-state index contributed by atoms with van der Waals surface area (Å²) < 4.78 is 0. The van der Waals surface area contributed by atoms with E-state index < -0.39 is 0 Å². The van der Waals surface area contributed by atoms with Gasteiger partial charge in [-0.25, -0.2) is 0 Å². The largest absolute Gasteiger partial charge is 0.508 e. The lowest BCUT2D eigenvalue weighted by Gasteiger charge is -2.08. The summed E-state index contributed by atoms with van der Waals surface area (Å²) in [6.45, 7) is 4.89. The molecular formula is C10H16ClNO. The third-order valence-corrected chi connectivity index (χ3v) is 1.69. The van der Waals surface area contributed by atoms with Crippen LogP contribution in [0.4, 0.5) is 0 Å². The molecule has 0 bridgehead atoms. The van der Waals surface area contributed by atoms with Crippen LogP contribution < -0.4 is 5.32 Å². The molecule has 2 nitrogen and oxygen atoms in total. The van der Waals surface area contributed by atoms with E-state index in [0.717, 1.165) is 12.1 Å². The van der Waals surface area contributed by atoms with Crippen molar-refractivity contribution in [1.82, 2.24) is 5.32 Å². The molecule has 1 aromatic rings. The van der Waals surface area contributed by atoms with Gasteiger partial charge in [-0.1, -0.05) is 32.0 Å². The molecule has 0 aliphatic carbocycles. The Labute approximate surface area is 85.4 Å². The maximum absolute atomic E-state index is 9.38. The van der Waals surface area contributed by atoms with Gasteiger partial charge in [-0.3, -0.25) is 0 Å². The molecule has 0 spiro atoms. The van der Waals surface area contributed by atoms with Crippen LogP contribution in [0.25, 0.3) is 0 Å². The number of aromatic hydroxyl groups is 1. The van der Waals surface area contributed by atoms with Gasteiger partial charge in [0.2, 0.25) is 0 Å². The molecule has 0 heterocycles. The van der Waals surface area contributed by atoms with E-state index in [1.165, 1.54) is 0 Å². The quantitative estimate of drug-likeness (QED) is 0.787. The van der Waals surface area contributed by atoms with E-state index in [1.807, 2.05) is 18.2 Å². The molecule has 1 rings (SSSR count). The van der Waals surface area contributed by atoms with Crippen LogP contribution in [0, 0.1) is 0 Å². The van der Waals surface area contributed by atoms with E-state index in [9.17, 15) is 5.11 Å². The number of hydrogen-bond donors (Lipinski definition) is 2. The number of phenolic OH excluding ortho intramolecular Hbond substituents is 1. The van der Waals surface area contributed by atoms with Crippen LogP contribution in [0.15, 0.2) is 24.3 Å². The molecule has 3 heteroatoms. The topological polar surface area (TPSA) is 32.3 Å².